The fourth-order valence-electron chi connectivity index (χ4n) is 3.37. The zero-order valence-electron chi connectivity index (χ0n) is 12.5. The lowest BCUT2D eigenvalue weighted by atomic mass is 10.0. The SMILES string of the molecule is CC(C)C[C@H](N)C(=O)N1CCC(N2CCCCC2)C1. The first-order chi connectivity index (χ1) is 9.08. The topological polar surface area (TPSA) is 49.6 Å². The zero-order chi connectivity index (χ0) is 13.8. The standard InChI is InChI=1S/C15H29N3O/c1-12(2)10-14(16)15(19)18-9-6-13(11-18)17-7-4-3-5-8-17/h12-14H,3-11,16H2,1-2H3/t13?,14-/m0/s1. The van der Waals surface area contributed by atoms with Crippen molar-refractivity contribution in [1.29, 1.82) is 0 Å². The van der Waals surface area contributed by atoms with Crippen LogP contribution in [0, 0.1) is 5.92 Å². The molecule has 1 amide bonds. The summed E-state index contributed by atoms with van der Waals surface area (Å²) in [4.78, 5) is 16.9. The van der Waals surface area contributed by atoms with E-state index in [1.807, 2.05) is 4.90 Å². The van der Waals surface area contributed by atoms with Gasteiger partial charge in [0.25, 0.3) is 0 Å². The van der Waals surface area contributed by atoms with Gasteiger partial charge in [-0.25, -0.2) is 0 Å². The van der Waals surface area contributed by atoms with Crippen molar-refractivity contribution in [3.05, 3.63) is 0 Å². The first kappa shape index (κ1) is 14.8. The van der Waals surface area contributed by atoms with E-state index in [1.165, 1.54) is 32.4 Å². The van der Waals surface area contributed by atoms with E-state index in [4.69, 9.17) is 5.73 Å². The van der Waals surface area contributed by atoms with Crippen LogP contribution in [0.25, 0.3) is 0 Å². The molecule has 0 aromatic heterocycles. The van der Waals surface area contributed by atoms with Crippen LogP contribution in [-0.4, -0.2) is 54.0 Å². The predicted molar refractivity (Wildman–Crippen MR) is 77.8 cm³/mol. The average molecular weight is 267 g/mol. The van der Waals surface area contributed by atoms with Gasteiger partial charge in [-0.3, -0.25) is 9.69 Å². The van der Waals surface area contributed by atoms with Gasteiger partial charge in [-0.1, -0.05) is 20.3 Å². The van der Waals surface area contributed by atoms with Crippen molar-refractivity contribution in [1.82, 2.24) is 9.80 Å². The van der Waals surface area contributed by atoms with Crippen molar-refractivity contribution in [2.45, 2.75) is 58.0 Å². The number of amides is 1. The molecule has 0 aliphatic carbocycles. The summed E-state index contributed by atoms with van der Waals surface area (Å²) in [6.07, 6.45) is 5.92. The second-order valence-corrected chi connectivity index (χ2v) is 6.56. The highest BCUT2D eigenvalue weighted by molar-refractivity contribution is 5.81. The zero-order valence-corrected chi connectivity index (χ0v) is 12.5. The van der Waals surface area contributed by atoms with Crippen molar-refractivity contribution >= 4 is 5.91 Å². The first-order valence-electron chi connectivity index (χ1n) is 7.86. The van der Waals surface area contributed by atoms with Gasteiger partial charge in [0.1, 0.15) is 0 Å². The molecule has 110 valence electrons. The highest BCUT2D eigenvalue weighted by Crippen LogP contribution is 2.21. The Labute approximate surface area is 117 Å². The fraction of sp³-hybridized carbons (Fsp3) is 0.933. The normalized spacial score (nSPS) is 26.9. The van der Waals surface area contributed by atoms with E-state index in [-0.39, 0.29) is 11.9 Å². The molecule has 0 aromatic rings. The largest absolute Gasteiger partial charge is 0.340 e. The number of nitrogens with two attached hydrogens (primary N) is 1. The average Bonchev–Trinajstić information content (AvgIpc) is 2.87. The number of rotatable bonds is 4. The minimum Gasteiger partial charge on any atom is -0.340 e. The number of likely N-dealkylation sites (tertiary alicyclic amines) is 2. The molecule has 0 spiro atoms. The van der Waals surface area contributed by atoms with E-state index < -0.39 is 0 Å². The minimum absolute atomic E-state index is 0.160. The number of hydrogen-bond donors (Lipinski definition) is 1. The molecule has 2 rings (SSSR count). The molecule has 2 heterocycles. The van der Waals surface area contributed by atoms with Crippen LogP contribution in [0.4, 0.5) is 0 Å². The van der Waals surface area contributed by atoms with Crippen molar-refractivity contribution in [3.8, 4) is 0 Å². The Hall–Kier alpha value is -0.610. The third-order valence-electron chi connectivity index (χ3n) is 4.42. The summed E-state index contributed by atoms with van der Waals surface area (Å²) in [5, 5.41) is 0. The van der Waals surface area contributed by atoms with Crippen molar-refractivity contribution in [2.24, 2.45) is 11.7 Å². The Morgan fingerprint density at radius 1 is 1.21 bits per heavy atom. The fourth-order valence-corrected chi connectivity index (χ4v) is 3.37. The van der Waals surface area contributed by atoms with E-state index >= 15 is 0 Å². The van der Waals surface area contributed by atoms with Gasteiger partial charge in [0.05, 0.1) is 6.04 Å². The number of carbonyl (C=O) groups is 1. The Bertz CT molecular complexity index is 300. The molecule has 0 radical (unpaired) electrons. The summed E-state index contributed by atoms with van der Waals surface area (Å²) >= 11 is 0. The smallest absolute Gasteiger partial charge is 0.239 e. The van der Waals surface area contributed by atoms with E-state index in [0.29, 0.717) is 12.0 Å². The van der Waals surface area contributed by atoms with Crippen LogP contribution in [0.3, 0.4) is 0 Å². The maximum atomic E-state index is 12.3. The highest BCUT2D eigenvalue weighted by atomic mass is 16.2. The predicted octanol–water partition coefficient (Wildman–Crippen LogP) is 1.45. The van der Waals surface area contributed by atoms with Gasteiger partial charge < -0.3 is 10.6 Å². The van der Waals surface area contributed by atoms with Crippen LogP contribution in [0.5, 0.6) is 0 Å². The Morgan fingerprint density at radius 3 is 2.53 bits per heavy atom. The number of nitrogens with zero attached hydrogens (tertiary/aromatic N) is 2. The van der Waals surface area contributed by atoms with E-state index in [9.17, 15) is 4.79 Å². The molecule has 0 bridgehead atoms. The molecule has 1 unspecified atom stereocenters. The second-order valence-electron chi connectivity index (χ2n) is 6.56. The lowest BCUT2D eigenvalue weighted by molar-refractivity contribution is -0.132. The van der Waals surface area contributed by atoms with Crippen LogP contribution < -0.4 is 5.73 Å². The molecular formula is C15H29N3O. The Balaban J connectivity index is 1.81. The Morgan fingerprint density at radius 2 is 1.89 bits per heavy atom. The van der Waals surface area contributed by atoms with Crippen molar-refractivity contribution in [2.75, 3.05) is 26.2 Å². The molecule has 2 N–H and O–H groups in total. The second kappa shape index (κ2) is 6.71. The van der Waals surface area contributed by atoms with Gasteiger partial charge in [0.2, 0.25) is 5.91 Å². The van der Waals surface area contributed by atoms with Crippen molar-refractivity contribution < 1.29 is 4.79 Å². The summed E-state index contributed by atoms with van der Waals surface area (Å²) in [5.74, 6) is 0.646. The summed E-state index contributed by atoms with van der Waals surface area (Å²) in [6.45, 7) is 8.45. The molecule has 0 saturated carbocycles. The van der Waals surface area contributed by atoms with Gasteiger partial charge in [0.15, 0.2) is 0 Å². The van der Waals surface area contributed by atoms with E-state index in [1.54, 1.807) is 0 Å². The van der Waals surface area contributed by atoms with Crippen LogP contribution in [0.2, 0.25) is 0 Å². The molecular weight excluding hydrogens is 238 g/mol. The summed E-state index contributed by atoms with van der Waals surface area (Å²) in [6, 6.07) is 0.274. The van der Waals surface area contributed by atoms with Gasteiger partial charge in [0, 0.05) is 19.1 Å². The van der Waals surface area contributed by atoms with Gasteiger partial charge in [-0.15, -0.1) is 0 Å². The third-order valence-corrected chi connectivity index (χ3v) is 4.42. The lowest BCUT2D eigenvalue weighted by Crippen LogP contribution is -2.46. The third kappa shape index (κ3) is 3.93. The van der Waals surface area contributed by atoms with Crippen LogP contribution >= 0.6 is 0 Å². The summed E-state index contributed by atoms with van der Waals surface area (Å²) in [5.41, 5.74) is 6.02. The minimum atomic E-state index is -0.305. The van der Waals surface area contributed by atoms with Gasteiger partial charge in [-0.05, 0) is 44.7 Å². The number of hydrogen-bond acceptors (Lipinski definition) is 3. The maximum absolute atomic E-state index is 12.3. The molecule has 2 aliphatic heterocycles. The van der Waals surface area contributed by atoms with Crippen LogP contribution in [0.15, 0.2) is 0 Å². The van der Waals surface area contributed by atoms with E-state index in [2.05, 4.69) is 18.7 Å². The molecule has 19 heavy (non-hydrogen) atoms. The number of piperidine rings is 1. The summed E-state index contributed by atoms with van der Waals surface area (Å²) in [7, 11) is 0. The molecule has 4 heteroatoms. The van der Waals surface area contributed by atoms with E-state index in [0.717, 1.165) is 25.9 Å². The maximum Gasteiger partial charge on any atom is 0.239 e. The first-order valence-corrected chi connectivity index (χ1v) is 7.86. The lowest BCUT2D eigenvalue weighted by Gasteiger charge is -2.32. The monoisotopic (exact) mass is 267 g/mol. The molecule has 2 saturated heterocycles. The van der Waals surface area contributed by atoms with Crippen LogP contribution in [-0.2, 0) is 4.79 Å². The highest BCUT2D eigenvalue weighted by Gasteiger charge is 2.32. The molecule has 4 nitrogen and oxygen atoms in total. The molecule has 2 fully saturated rings. The van der Waals surface area contributed by atoms with Crippen LogP contribution in [0.1, 0.15) is 46.0 Å². The molecule has 2 aliphatic rings. The van der Waals surface area contributed by atoms with Gasteiger partial charge in [-0.2, -0.15) is 0 Å². The molecule has 0 aromatic carbocycles. The summed E-state index contributed by atoms with van der Waals surface area (Å²) < 4.78 is 0. The van der Waals surface area contributed by atoms with Crippen molar-refractivity contribution in [3.63, 3.8) is 0 Å². The quantitative estimate of drug-likeness (QED) is 0.838. The molecule has 2 atom stereocenters. The number of carbonyl (C=O) groups excluding carboxylic acids is 1. The van der Waals surface area contributed by atoms with Gasteiger partial charge >= 0.3 is 0 Å². The Kier molecular flexibility index (Phi) is 5.22.